The Morgan fingerprint density at radius 1 is 1.41 bits per heavy atom. The fraction of sp³-hybridized carbons (Fsp3) is 0.571. The molecule has 1 aliphatic carbocycles. The highest BCUT2D eigenvalue weighted by molar-refractivity contribution is 5.62. The number of hydrogen-bond acceptors (Lipinski definition) is 3. The number of likely N-dealkylation sites (N-methyl/N-ethyl adjacent to an activating group) is 1. The first-order valence-corrected chi connectivity index (χ1v) is 6.34. The van der Waals surface area contributed by atoms with E-state index in [2.05, 4.69) is 30.1 Å². The molecule has 1 saturated carbocycles. The summed E-state index contributed by atoms with van der Waals surface area (Å²) >= 11 is 0. The summed E-state index contributed by atoms with van der Waals surface area (Å²) in [4.78, 5) is 2.23. The lowest BCUT2D eigenvalue weighted by atomic mass is 9.65. The van der Waals surface area contributed by atoms with Gasteiger partial charge in [0, 0.05) is 12.5 Å². The van der Waals surface area contributed by atoms with E-state index in [9.17, 15) is 5.11 Å². The lowest BCUT2D eigenvalue weighted by Gasteiger charge is -2.41. The summed E-state index contributed by atoms with van der Waals surface area (Å²) in [6, 6.07) is 6.37. The number of ether oxygens (including phenoxy) is 1. The van der Waals surface area contributed by atoms with Crippen LogP contribution in [0.4, 0.5) is 5.69 Å². The van der Waals surface area contributed by atoms with Crippen LogP contribution in [-0.2, 0) is 5.41 Å². The van der Waals surface area contributed by atoms with E-state index in [-0.39, 0.29) is 12.0 Å². The van der Waals surface area contributed by atoms with Crippen LogP contribution in [0.5, 0.6) is 5.75 Å². The Bertz CT molecular complexity index is 421. The normalized spacial score (nSPS) is 21.4. The highest BCUT2D eigenvalue weighted by Gasteiger charge is 2.38. The second-order valence-electron chi connectivity index (χ2n) is 5.24. The van der Waals surface area contributed by atoms with Gasteiger partial charge in [0.25, 0.3) is 0 Å². The Morgan fingerprint density at radius 3 is 2.88 bits per heavy atom. The molecule has 1 heterocycles. The molecule has 0 aromatic heterocycles. The minimum atomic E-state index is 0.0211. The van der Waals surface area contributed by atoms with Crippen LogP contribution in [0.2, 0.25) is 0 Å². The summed E-state index contributed by atoms with van der Waals surface area (Å²) in [5.74, 6) is 0.968. The lowest BCUT2D eigenvalue weighted by molar-refractivity contribution is 0.120. The number of anilines is 1. The van der Waals surface area contributed by atoms with Crippen molar-refractivity contribution in [2.24, 2.45) is 0 Å². The molecule has 1 aromatic carbocycles. The highest BCUT2D eigenvalue weighted by atomic mass is 16.5. The second kappa shape index (κ2) is 3.91. The average Bonchev–Trinajstić information content (AvgIpc) is 2.29. The molecule has 0 radical (unpaired) electrons. The van der Waals surface area contributed by atoms with Crippen LogP contribution in [0.1, 0.15) is 24.8 Å². The Kier molecular flexibility index (Phi) is 2.51. The van der Waals surface area contributed by atoms with Crippen molar-refractivity contribution in [2.75, 3.05) is 31.7 Å². The molecule has 0 unspecified atom stereocenters. The number of benzene rings is 1. The van der Waals surface area contributed by atoms with Gasteiger partial charge in [-0.1, -0.05) is 12.5 Å². The van der Waals surface area contributed by atoms with Gasteiger partial charge in [-0.05, 0) is 30.5 Å². The molecule has 3 rings (SSSR count). The van der Waals surface area contributed by atoms with E-state index in [1.54, 1.807) is 0 Å². The van der Waals surface area contributed by atoms with E-state index in [0.29, 0.717) is 0 Å². The van der Waals surface area contributed by atoms with Gasteiger partial charge in [0.2, 0.25) is 0 Å². The molecular formula is C14H19NO2. The zero-order chi connectivity index (χ0) is 11.9. The predicted octanol–water partition coefficient (Wildman–Crippen LogP) is 1.93. The van der Waals surface area contributed by atoms with E-state index in [0.717, 1.165) is 37.4 Å². The third-order valence-electron chi connectivity index (χ3n) is 4.28. The molecule has 3 nitrogen and oxygen atoms in total. The molecule has 1 N–H and O–H groups in total. The number of hydrogen-bond donors (Lipinski definition) is 1. The summed E-state index contributed by atoms with van der Waals surface area (Å²) < 4.78 is 5.64. The summed E-state index contributed by atoms with van der Waals surface area (Å²) in [5, 5.41) is 9.62. The minimum Gasteiger partial charge on any atom is -0.490 e. The Balaban J connectivity index is 1.99. The molecule has 0 saturated heterocycles. The minimum absolute atomic E-state index is 0.0211. The first kappa shape index (κ1) is 10.9. The van der Waals surface area contributed by atoms with E-state index in [1.165, 1.54) is 12.0 Å². The quantitative estimate of drug-likeness (QED) is 0.847. The molecule has 1 aromatic rings. The topological polar surface area (TPSA) is 32.7 Å². The van der Waals surface area contributed by atoms with E-state index in [1.807, 2.05) is 0 Å². The van der Waals surface area contributed by atoms with E-state index in [4.69, 9.17) is 4.74 Å². The van der Waals surface area contributed by atoms with Crippen LogP contribution >= 0.6 is 0 Å². The van der Waals surface area contributed by atoms with Crippen molar-refractivity contribution in [3.05, 3.63) is 23.8 Å². The highest BCUT2D eigenvalue weighted by Crippen LogP contribution is 2.45. The van der Waals surface area contributed by atoms with Gasteiger partial charge in [-0.25, -0.2) is 0 Å². The molecule has 0 bridgehead atoms. The maximum atomic E-state index is 9.62. The summed E-state index contributed by atoms with van der Waals surface area (Å²) in [6.07, 6.45) is 3.43. The maximum absolute atomic E-state index is 9.62. The van der Waals surface area contributed by atoms with Gasteiger partial charge in [-0.2, -0.15) is 0 Å². The fourth-order valence-electron chi connectivity index (χ4n) is 2.82. The third-order valence-corrected chi connectivity index (χ3v) is 4.28. The standard InChI is InChI=1S/C14H19NO2/c1-15-7-8-17-13-4-3-11(9-12(13)15)14(10-16)5-2-6-14/h3-4,9,16H,2,5-8,10H2,1H3. The molecule has 1 fully saturated rings. The van der Waals surface area contributed by atoms with Gasteiger partial charge < -0.3 is 14.7 Å². The van der Waals surface area contributed by atoms with Crippen molar-refractivity contribution in [3.8, 4) is 5.75 Å². The van der Waals surface area contributed by atoms with Gasteiger partial charge in [0.05, 0.1) is 18.8 Å². The Labute approximate surface area is 102 Å². The SMILES string of the molecule is CN1CCOc2ccc(C3(CO)CCC3)cc21. The van der Waals surface area contributed by atoms with Crippen molar-refractivity contribution in [1.29, 1.82) is 0 Å². The average molecular weight is 233 g/mol. The molecule has 3 heteroatoms. The van der Waals surface area contributed by atoms with Crippen LogP contribution in [0, 0.1) is 0 Å². The molecule has 92 valence electrons. The smallest absolute Gasteiger partial charge is 0.142 e. The number of fused-ring (bicyclic) bond motifs is 1. The van der Waals surface area contributed by atoms with Gasteiger partial charge in [-0.15, -0.1) is 0 Å². The molecule has 1 aliphatic heterocycles. The van der Waals surface area contributed by atoms with Crippen molar-refractivity contribution in [1.82, 2.24) is 0 Å². The summed E-state index contributed by atoms with van der Waals surface area (Å²) in [7, 11) is 2.09. The van der Waals surface area contributed by atoms with Gasteiger partial charge in [0.15, 0.2) is 0 Å². The number of rotatable bonds is 2. The number of aliphatic hydroxyl groups is 1. The first-order chi connectivity index (χ1) is 8.25. The fourth-order valence-corrected chi connectivity index (χ4v) is 2.82. The monoisotopic (exact) mass is 233 g/mol. The van der Waals surface area contributed by atoms with Crippen molar-refractivity contribution in [2.45, 2.75) is 24.7 Å². The van der Waals surface area contributed by atoms with Gasteiger partial charge in [0.1, 0.15) is 12.4 Å². The van der Waals surface area contributed by atoms with Crippen molar-refractivity contribution in [3.63, 3.8) is 0 Å². The Morgan fingerprint density at radius 2 is 2.24 bits per heavy atom. The zero-order valence-electron chi connectivity index (χ0n) is 10.3. The van der Waals surface area contributed by atoms with E-state index < -0.39 is 0 Å². The summed E-state index contributed by atoms with van der Waals surface area (Å²) in [6.45, 7) is 1.95. The number of aliphatic hydroxyl groups excluding tert-OH is 1. The Hall–Kier alpha value is -1.22. The molecule has 17 heavy (non-hydrogen) atoms. The summed E-state index contributed by atoms with van der Waals surface area (Å²) in [5.41, 5.74) is 2.45. The maximum Gasteiger partial charge on any atom is 0.142 e. The number of nitrogens with zero attached hydrogens (tertiary/aromatic N) is 1. The van der Waals surface area contributed by atoms with Crippen molar-refractivity contribution >= 4 is 5.69 Å². The third kappa shape index (κ3) is 1.61. The molecular weight excluding hydrogens is 214 g/mol. The zero-order valence-corrected chi connectivity index (χ0v) is 10.3. The van der Waals surface area contributed by atoms with Crippen LogP contribution < -0.4 is 9.64 Å². The first-order valence-electron chi connectivity index (χ1n) is 6.34. The van der Waals surface area contributed by atoms with Gasteiger partial charge >= 0.3 is 0 Å². The molecule has 0 atom stereocenters. The van der Waals surface area contributed by atoms with Crippen LogP contribution in [0.15, 0.2) is 18.2 Å². The predicted molar refractivity (Wildman–Crippen MR) is 67.8 cm³/mol. The van der Waals surface area contributed by atoms with Crippen LogP contribution in [0.3, 0.4) is 0 Å². The lowest BCUT2D eigenvalue weighted by Crippen LogP contribution is -2.38. The van der Waals surface area contributed by atoms with Gasteiger partial charge in [-0.3, -0.25) is 0 Å². The molecule has 0 spiro atoms. The molecule has 2 aliphatic rings. The van der Waals surface area contributed by atoms with E-state index >= 15 is 0 Å². The largest absolute Gasteiger partial charge is 0.490 e. The van der Waals surface area contributed by atoms with Crippen LogP contribution in [-0.4, -0.2) is 31.9 Å². The second-order valence-corrected chi connectivity index (χ2v) is 5.24. The molecule has 0 amide bonds. The van der Waals surface area contributed by atoms with Crippen LogP contribution in [0.25, 0.3) is 0 Å². The van der Waals surface area contributed by atoms with Crippen molar-refractivity contribution < 1.29 is 9.84 Å².